The van der Waals surface area contributed by atoms with Crippen LogP contribution in [0, 0.1) is 6.92 Å². The van der Waals surface area contributed by atoms with Crippen molar-refractivity contribution >= 4 is 15.9 Å². The fraction of sp³-hybridized carbons (Fsp3) is 0.423. The lowest BCUT2D eigenvalue weighted by atomic mass is 9.97. The third-order valence-electron chi connectivity index (χ3n) is 5.78. The summed E-state index contributed by atoms with van der Waals surface area (Å²) < 4.78 is 34.4. The van der Waals surface area contributed by atoms with Crippen molar-refractivity contribution in [3.63, 3.8) is 0 Å². The Bertz CT molecular complexity index is 1060. The Balaban J connectivity index is 1.73. The molecule has 2 N–H and O–H groups in total. The van der Waals surface area contributed by atoms with Gasteiger partial charge in [-0.1, -0.05) is 42.0 Å². The molecule has 0 radical (unpaired) electrons. The molecule has 178 valence electrons. The smallest absolute Gasteiger partial charge is 0.241 e. The van der Waals surface area contributed by atoms with Gasteiger partial charge in [-0.25, -0.2) is 8.42 Å². The molecule has 0 spiro atoms. The third-order valence-corrected chi connectivity index (χ3v) is 7.25. The van der Waals surface area contributed by atoms with E-state index in [0.717, 1.165) is 30.4 Å². The summed E-state index contributed by atoms with van der Waals surface area (Å²) in [5.74, 6) is 0.327. The van der Waals surface area contributed by atoms with Gasteiger partial charge in [-0.3, -0.25) is 4.79 Å². The zero-order valence-corrected chi connectivity index (χ0v) is 20.3. The van der Waals surface area contributed by atoms with E-state index in [1.54, 1.807) is 19.1 Å². The van der Waals surface area contributed by atoms with E-state index in [1.165, 1.54) is 24.5 Å². The number of carbonyl (C=O) groups is 1. The van der Waals surface area contributed by atoms with Crippen molar-refractivity contribution in [2.24, 2.45) is 0 Å². The van der Waals surface area contributed by atoms with Crippen molar-refractivity contribution in [1.29, 1.82) is 0 Å². The van der Waals surface area contributed by atoms with Gasteiger partial charge in [-0.05, 0) is 81.7 Å². The Kier molecular flexibility index (Phi) is 9.09. The number of hydrogen-bond acceptors (Lipinski definition) is 4. The van der Waals surface area contributed by atoms with Crippen LogP contribution in [-0.2, 0) is 21.2 Å². The minimum absolute atomic E-state index is 0.113. The molecule has 2 aromatic rings. The van der Waals surface area contributed by atoms with Crippen LogP contribution in [0.4, 0.5) is 0 Å². The van der Waals surface area contributed by atoms with E-state index in [2.05, 4.69) is 16.1 Å². The van der Waals surface area contributed by atoms with Gasteiger partial charge in [-0.2, -0.15) is 4.72 Å². The van der Waals surface area contributed by atoms with Crippen LogP contribution in [0.2, 0.25) is 0 Å². The molecule has 6 nitrogen and oxygen atoms in total. The lowest BCUT2D eigenvalue weighted by Gasteiger charge is -2.20. The molecule has 3 rings (SSSR count). The van der Waals surface area contributed by atoms with Crippen molar-refractivity contribution in [3.05, 3.63) is 71.3 Å². The highest BCUT2D eigenvalue weighted by atomic mass is 32.2. The van der Waals surface area contributed by atoms with Crippen LogP contribution in [0.3, 0.4) is 0 Å². The minimum atomic E-state index is -3.90. The summed E-state index contributed by atoms with van der Waals surface area (Å²) in [4.78, 5) is 13.1. The number of nitrogens with one attached hydrogen (secondary N) is 2. The molecule has 2 aromatic carbocycles. The fourth-order valence-corrected chi connectivity index (χ4v) is 5.28. The standard InChI is InChI=1S/C26H34N2O4S/c1-3-32-25-15-14-23(18-20(25)2)33(30,31)28-24(19-22-12-8-5-9-13-22)26(29)27-17-16-21-10-6-4-7-11-21/h5,8-10,12-15,18,24,28H,3-4,6-7,11,16-17,19H2,1-2H3,(H,27,29)/t24-/m1/s1. The molecule has 33 heavy (non-hydrogen) atoms. The highest BCUT2D eigenvalue weighted by Crippen LogP contribution is 2.22. The van der Waals surface area contributed by atoms with Crippen LogP contribution in [-0.4, -0.2) is 33.5 Å². The number of rotatable bonds is 11. The average Bonchev–Trinajstić information content (AvgIpc) is 2.81. The van der Waals surface area contributed by atoms with Crippen molar-refractivity contribution in [1.82, 2.24) is 10.0 Å². The summed E-state index contributed by atoms with van der Waals surface area (Å²) in [6.07, 6.45) is 7.92. The number of allylic oxidation sites excluding steroid dienone is 1. The second-order valence-electron chi connectivity index (χ2n) is 8.37. The van der Waals surface area contributed by atoms with Gasteiger partial charge in [0.2, 0.25) is 15.9 Å². The van der Waals surface area contributed by atoms with Crippen molar-refractivity contribution in [2.45, 2.75) is 63.3 Å². The molecule has 0 bridgehead atoms. The second kappa shape index (κ2) is 12.0. The lowest BCUT2D eigenvalue weighted by Crippen LogP contribution is -2.48. The van der Waals surface area contributed by atoms with Gasteiger partial charge < -0.3 is 10.1 Å². The quantitative estimate of drug-likeness (QED) is 0.480. The Morgan fingerprint density at radius 3 is 2.58 bits per heavy atom. The zero-order valence-electron chi connectivity index (χ0n) is 19.5. The van der Waals surface area contributed by atoms with E-state index in [0.29, 0.717) is 18.9 Å². The fourth-order valence-electron chi connectivity index (χ4n) is 4.00. The van der Waals surface area contributed by atoms with Crippen LogP contribution in [0.5, 0.6) is 5.75 Å². The molecular formula is C26H34N2O4S. The number of amides is 1. The first-order valence-corrected chi connectivity index (χ1v) is 13.1. The van der Waals surface area contributed by atoms with Crippen molar-refractivity contribution in [3.8, 4) is 5.75 Å². The van der Waals surface area contributed by atoms with Crippen molar-refractivity contribution in [2.75, 3.05) is 13.2 Å². The number of ether oxygens (including phenoxy) is 1. The van der Waals surface area contributed by atoms with Crippen LogP contribution >= 0.6 is 0 Å². The summed E-state index contributed by atoms with van der Waals surface area (Å²) in [5.41, 5.74) is 2.98. The maximum atomic E-state index is 13.1. The number of sulfonamides is 1. The van der Waals surface area contributed by atoms with Gasteiger partial charge in [0.25, 0.3) is 0 Å². The van der Waals surface area contributed by atoms with E-state index in [9.17, 15) is 13.2 Å². The summed E-state index contributed by atoms with van der Waals surface area (Å²) in [5, 5.41) is 2.93. The Hall–Kier alpha value is -2.64. The zero-order chi connectivity index (χ0) is 23.7. The number of benzene rings is 2. The molecule has 1 atom stereocenters. The highest BCUT2D eigenvalue weighted by molar-refractivity contribution is 7.89. The first kappa shape index (κ1) is 25.0. The van der Waals surface area contributed by atoms with Gasteiger partial charge in [0.1, 0.15) is 11.8 Å². The Labute approximate surface area is 197 Å². The van der Waals surface area contributed by atoms with Crippen LogP contribution < -0.4 is 14.8 Å². The summed E-state index contributed by atoms with van der Waals surface area (Å²) in [6, 6.07) is 13.2. The molecular weight excluding hydrogens is 436 g/mol. The first-order chi connectivity index (χ1) is 15.9. The maximum absolute atomic E-state index is 13.1. The average molecular weight is 471 g/mol. The summed E-state index contributed by atoms with van der Waals surface area (Å²) in [7, 11) is -3.90. The Morgan fingerprint density at radius 2 is 1.91 bits per heavy atom. The molecule has 0 aromatic heterocycles. The van der Waals surface area contributed by atoms with Crippen LogP contribution in [0.15, 0.2) is 65.1 Å². The number of carbonyl (C=O) groups excluding carboxylic acids is 1. The predicted molar refractivity (Wildman–Crippen MR) is 131 cm³/mol. The molecule has 0 unspecified atom stereocenters. The van der Waals surface area contributed by atoms with E-state index in [1.807, 2.05) is 37.3 Å². The van der Waals surface area contributed by atoms with Crippen molar-refractivity contribution < 1.29 is 17.9 Å². The third kappa shape index (κ3) is 7.44. The second-order valence-corrected chi connectivity index (χ2v) is 10.1. The summed E-state index contributed by atoms with van der Waals surface area (Å²) in [6.45, 7) is 4.68. The minimum Gasteiger partial charge on any atom is -0.494 e. The van der Waals surface area contributed by atoms with Gasteiger partial charge in [0, 0.05) is 6.54 Å². The van der Waals surface area contributed by atoms with Gasteiger partial charge in [-0.15, -0.1) is 0 Å². The van der Waals surface area contributed by atoms with E-state index >= 15 is 0 Å². The largest absolute Gasteiger partial charge is 0.494 e. The number of hydrogen-bond donors (Lipinski definition) is 2. The van der Waals surface area contributed by atoms with E-state index in [4.69, 9.17) is 4.74 Å². The normalized spacial score (nSPS) is 14.9. The predicted octanol–water partition coefficient (Wildman–Crippen LogP) is 4.29. The topological polar surface area (TPSA) is 84.5 Å². The van der Waals surface area contributed by atoms with E-state index < -0.39 is 16.1 Å². The first-order valence-electron chi connectivity index (χ1n) is 11.6. The molecule has 1 amide bonds. The molecule has 0 aliphatic heterocycles. The molecule has 0 fully saturated rings. The van der Waals surface area contributed by atoms with Gasteiger partial charge in [0.15, 0.2) is 0 Å². The molecule has 0 saturated heterocycles. The maximum Gasteiger partial charge on any atom is 0.241 e. The molecule has 1 aliphatic rings. The molecule has 0 heterocycles. The van der Waals surface area contributed by atoms with E-state index in [-0.39, 0.29) is 17.2 Å². The van der Waals surface area contributed by atoms with Crippen LogP contribution in [0.1, 0.15) is 50.2 Å². The molecule has 0 saturated carbocycles. The monoisotopic (exact) mass is 470 g/mol. The number of aryl methyl sites for hydroxylation is 1. The van der Waals surface area contributed by atoms with Gasteiger partial charge in [0.05, 0.1) is 11.5 Å². The molecule has 7 heteroatoms. The SMILES string of the molecule is CCOc1ccc(S(=O)(=O)N[C@H](Cc2ccccc2)C(=O)NCCC2=CCCCC2)cc1C. The highest BCUT2D eigenvalue weighted by Gasteiger charge is 2.26. The van der Waals surface area contributed by atoms with Crippen LogP contribution in [0.25, 0.3) is 0 Å². The Morgan fingerprint density at radius 1 is 1.12 bits per heavy atom. The lowest BCUT2D eigenvalue weighted by molar-refractivity contribution is -0.122. The summed E-state index contributed by atoms with van der Waals surface area (Å²) >= 11 is 0. The molecule has 1 aliphatic carbocycles. The van der Waals surface area contributed by atoms with Gasteiger partial charge >= 0.3 is 0 Å².